The van der Waals surface area contributed by atoms with Crippen molar-refractivity contribution in [3.8, 4) is 0 Å². The Morgan fingerprint density at radius 1 is 0.595 bits per heavy atom. The zero-order chi connectivity index (χ0) is 31.3. The van der Waals surface area contributed by atoms with Gasteiger partial charge in [0.1, 0.15) is 0 Å². The highest BCUT2D eigenvalue weighted by Gasteiger charge is 2.37. The van der Waals surface area contributed by atoms with Gasteiger partial charge in [-0.15, -0.1) is 9.78 Å². The van der Waals surface area contributed by atoms with Crippen molar-refractivity contribution in [1.82, 2.24) is 0 Å². The number of benzene rings is 2. The average Bonchev–Trinajstić information content (AvgIpc) is 2.94. The van der Waals surface area contributed by atoms with Gasteiger partial charge in [0.15, 0.2) is 0 Å². The molecule has 0 aliphatic heterocycles. The van der Waals surface area contributed by atoms with Crippen LogP contribution in [0.15, 0.2) is 48.5 Å². The molecule has 0 aliphatic carbocycles. The topological polar surface area (TPSA) is 107 Å². The Bertz CT molecular complexity index is 1040. The van der Waals surface area contributed by atoms with E-state index in [9.17, 15) is 14.4 Å². The molecule has 2 rings (SSSR count). The molecule has 0 aromatic heterocycles. The molecule has 42 heavy (non-hydrogen) atoms. The van der Waals surface area contributed by atoms with E-state index >= 15 is 0 Å². The summed E-state index contributed by atoms with van der Waals surface area (Å²) in [5, 5.41) is 0. The maximum absolute atomic E-state index is 12.7. The summed E-state index contributed by atoms with van der Waals surface area (Å²) in [5.41, 5.74) is 1.24. The van der Waals surface area contributed by atoms with Crippen molar-refractivity contribution in [1.29, 1.82) is 0 Å². The van der Waals surface area contributed by atoms with Crippen LogP contribution in [0.3, 0.4) is 0 Å². The minimum atomic E-state index is -1.31. The highest BCUT2D eigenvalue weighted by molar-refractivity contribution is 5.89. The van der Waals surface area contributed by atoms with Gasteiger partial charge in [0.05, 0.1) is 11.1 Å². The van der Waals surface area contributed by atoms with Crippen LogP contribution in [0, 0.1) is 10.8 Å². The van der Waals surface area contributed by atoms with Gasteiger partial charge < -0.3 is 9.47 Å². The second-order valence-corrected chi connectivity index (χ2v) is 12.4. The van der Waals surface area contributed by atoms with Gasteiger partial charge in [0.25, 0.3) is 12.6 Å². The standard InChI is InChI=1S/C33H46O9/c1-9-11-13-23-15-19-25(20-16-23)27(34)39-41-29(32(3,4)5)37-31(36)38-30(33(6,7)8)42-40-28(35)26-21-17-24(18-22-26)14-12-10-2/h15-22,29-30H,9-14H2,1-8H3. The Labute approximate surface area is 249 Å². The van der Waals surface area contributed by atoms with E-state index in [4.69, 9.17) is 29.0 Å². The maximum atomic E-state index is 12.7. The molecule has 232 valence electrons. The molecule has 0 fully saturated rings. The molecule has 0 spiro atoms. The molecule has 0 aliphatic rings. The van der Waals surface area contributed by atoms with Crippen molar-refractivity contribution in [2.24, 2.45) is 10.8 Å². The van der Waals surface area contributed by atoms with Gasteiger partial charge in [-0.2, -0.15) is 0 Å². The largest absolute Gasteiger partial charge is 0.513 e. The molecule has 0 bridgehead atoms. The molecule has 2 atom stereocenters. The van der Waals surface area contributed by atoms with Gasteiger partial charge in [0, 0.05) is 10.8 Å². The molecule has 0 heterocycles. The second kappa shape index (κ2) is 16.3. The molecular weight excluding hydrogens is 540 g/mol. The van der Waals surface area contributed by atoms with Crippen LogP contribution in [-0.2, 0) is 41.9 Å². The Hall–Kier alpha value is -3.43. The maximum Gasteiger partial charge on any atom is 0.513 e. The quantitative estimate of drug-likeness (QED) is 0.0938. The summed E-state index contributed by atoms with van der Waals surface area (Å²) >= 11 is 0. The van der Waals surface area contributed by atoms with Crippen LogP contribution in [0.25, 0.3) is 0 Å². The molecule has 0 saturated heterocycles. The van der Waals surface area contributed by atoms with E-state index in [-0.39, 0.29) is 0 Å². The molecule has 0 N–H and O–H groups in total. The summed E-state index contributed by atoms with van der Waals surface area (Å²) < 4.78 is 10.7. The van der Waals surface area contributed by atoms with Crippen molar-refractivity contribution in [3.05, 3.63) is 70.8 Å². The highest BCUT2D eigenvalue weighted by Crippen LogP contribution is 2.28. The molecule has 0 radical (unpaired) electrons. The van der Waals surface area contributed by atoms with Crippen LogP contribution >= 0.6 is 0 Å². The molecule has 2 aromatic carbocycles. The van der Waals surface area contributed by atoms with Gasteiger partial charge in [-0.25, -0.2) is 14.4 Å². The van der Waals surface area contributed by atoms with E-state index in [0.717, 1.165) is 49.7 Å². The normalized spacial score (nSPS) is 13.1. The highest BCUT2D eigenvalue weighted by atomic mass is 17.2. The van der Waals surface area contributed by atoms with Crippen molar-refractivity contribution < 1.29 is 43.4 Å². The van der Waals surface area contributed by atoms with Crippen molar-refractivity contribution in [2.75, 3.05) is 0 Å². The lowest BCUT2D eigenvalue weighted by Crippen LogP contribution is -2.39. The van der Waals surface area contributed by atoms with E-state index in [1.165, 1.54) is 0 Å². The Kier molecular flexibility index (Phi) is 13.5. The third kappa shape index (κ3) is 11.8. The van der Waals surface area contributed by atoms with E-state index in [1.807, 2.05) is 24.3 Å². The number of carbonyl (C=O) groups is 3. The van der Waals surface area contributed by atoms with Gasteiger partial charge in [-0.3, -0.25) is 9.78 Å². The van der Waals surface area contributed by atoms with Gasteiger partial charge >= 0.3 is 18.1 Å². The SMILES string of the molecule is CCCCc1ccc(C(=O)OOC(OC(=O)OC(OOC(=O)c2ccc(CCCC)cc2)C(C)(C)C)C(C)(C)C)cc1. The first kappa shape index (κ1) is 34.8. The third-order valence-corrected chi connectivity index (χ3v) is 6.26. The molecule has 0 saturated carbocycles. The number of hydrogen-bond acceptors (Lipinski definition) is 9. The molecular formula is C33H46O9. The van der Waals surface area contributed by atoms with Crippen LogP contribution < -0.4 is 0 Å². The fraction of sp³-hybridized carbons (Fsp3) is 0.545. The van der Waals surface area contributed by atoms with Gasteiger partial charge in [0.2, 0.25) is 0 Å². The van der Waals surface area contributed by atoms with Crippen LogP contribution in [0.5, 0.6) is 0 Å². The number of aryl methyl sites for hydroxylation is 2. The molecule has 9 nitrogen and oxygen atoms in total. The van der Waals surface area contributed by atoms with E-state index < -0.39 is 41.5 Å². The lowest BCUT2D eigenvalue weighted by atomic mass is 9.96. The van der Waals surface area contributed by atoms with E-state index in [2.05, 4.69) is 13.8 Å². The number of ether oxygens (including phenoxy) is 2. The first-order chi connectivity index (χ1) is 19.7. The summed E-state index contributed by atoms with van der Waals surface area (Å²) in [6, 6.07) is 14.1. The number of unbranched alkanes of at least 4 members (excludes halogenated alkanes) is 2. The summed E-state index contributed by atoms with van der Waals surface area (Å²) in [6.45, 7) is 14.6. The fourth-order valence-corrected chi connectivity index (χ4v) is 3.53. The number of rotatable bonds is 14. The second-order valence-electron chi connectivity index (χ2n) is 12.4. The van der Waals surface area contributed by atoms with Crippen LogP contribution in [-0.4, -0.2) is 30.7 Å². The monoisotopic (exact) mass is 586 g/mol. The lowest BCUT2D eigenvalue weighted by molar-refractivity contribution is -0.371. The molecule has 2 aromatic rings. The zero-order valence-corrected chi connectivity index (χ0v) is 26.2. The van der Waals surface area contributed by atoms with E-state index in [1.54, 1.807) is 65.8 Å². The first-order valence-corrected chi connectivity index (χ1v) is 14.5. The van der Waals surface area contributed by atoms with Gasteiger partial charge in [-0.1, -0.05) is 92.5 Å². The minimum Gasteiger partial charge on any atom is -0.400 e. The van der Waals surface area contributed by atoms with Crippen molar-refractivity contribution >= 4 is 18.1 Å². The average molecular weight is 587 g/mol. The number of carbonyl (C=O) groups excluding carboxylic acids is 3. The van der Waals surface area contributed by atoms with Crippen molar-refractivity contribution in [3.63, 3.8) is 0 Å². The smallest absolute Gasteiger partial charge is 0.400 e. The summed E-state index contributed by atoms with van der Waals surface area (Å²) in [5.74, 6) is -1.46. The molecule has 9 heteroatoms. The van der Waals surface area contributed by atoms with E-state index in [0.29, 0.717) is 11.1 Å². The molecule has 0 amide bonds. The molecule has 2 unspecified atom stereocenters. The van der Waals surface area contributed by atoms with Crippen LogP contribution in [0.1, 0.15) is 113 Å². The fourth-order valence-electron chi connectivity index (χ4n) is 3.53. The Morgan fingerprint density at radius 2 is 0.929 bits per heavy atom. The summed E-state index contributed by atoms with van der Waals surface area (Å²) in [6.07, 6.45) is 2.34. The van der Waals surface area contributed by atoms with Crippen LogP contribution in [0.2, 0.25) is 0 Å². The van der Waals surface area contributed by atoms with Crippen LogP contribution in [0.4, 0.5) is 4.79 Å². The summed E-state index contributed by atoms with van der Waals surface area (Å²) in [4.78, 5) is 58.3. The predicted molar refractivity (Wildman–Crippen MR) is 157 cm³/mol. The lowest BCUT2D eigenvalue weighted by Gasteiger charge is -2.30. The van der Waals surface area contributed by atoms with Gasteiger partial charge in [-0.05, 0) is 61.1 Å². The predicted octanol–water partition coefficient (Wildman–Crippen LogP) is 8.15. The minimum absolute atomic E-state index is 0.295. The third-order valence-electron chi connectivity index (χ3n) is 6.26. The zero-order valence-electron chi connectivity index (χ0n) is 26.2. The first-order valence-electron chi connectivity index (χ1n) is 14.5. The Balaban J connectivity index is 1.97. The summed E-state index contributed by atoms with van der Waals surface area (Å²) in [7, 11) is 0. The van der Waals surface area contributed by atoms with Crippen molar-refractivity contribution in [2.45, 2.75) is 106 Å². The number of hydrogen-bond donors (Lipinski definition) is 0. The Morgan fingerprint density at radius 3 is 1.21 bits per heavy atom.